The van der Waals surface area contributed by atoms with Crippen LogP contribution >= 0.6 is 0 Å². The number of halogens is 4. The van der Waals surface area contributed by atoms with E-state index >= 15 is 0 Å². The van der Waals surface area contributed by atoms with Crippen molar-refractivity contribution >= 4 is 5.97 Å². The molecule has 0 radical (unpaired) electrons. The van der Waals surface area contributed by atoms with E-state index in [2.05, 4.69) is 4.74 Å². The van der Waals surface area contributed by atoms with Crippen LogP contribution in [0.1, 0.15) is 5.56 Å². The van der Waals surface area contributed by atoms with Crippen LogP contribution in [0.4, 0.5) is 17.6 Å². The van der Waals surface area contributed by atoms with Gasteiger partial charge in [-0.1, -0.05) is 6.07 Å². The number of carboxylic acids is 1. The standard InChI is InChI=1S/C9H6F4O3/c10-8-5(9(11,12)13)2-1-3-6(8)16-4-7(14)15/h1-3H,4H2,(H,14,15). The first-order chi connectivity index (χ1) is 7.32. The molecule has 0 spiro atoms. The Kier molecular flexibility index (Phi) is 3.36. The van der Waals surface area contributed by atoms with Crippen LogP contribution in [0.2, 0.25) is 0 Å². The fraction of sp³-hybridized carbons (Fsp3) is 0.222. The van der Waals surface area contributed by atoms with E-state index in [1.54, 1.807) is 0 Å². The summed E-state index contributed by atoms with van der Waals surface area (Å²) in [6.07, 6.45) is -4.84. The first-order valence-electron chi connectivity index (χ1n) is 4.02. The number of hydrogen-bond acceptors (Lipinski definition) is 2. The van der Waals surface area contributed by atoms with Gasteiger partial charge in [-0.15, -0.1) is 0 Å². The molecule has 0 aromatic heterocycles. The van der Waals surface area contributed by atoms with Gasteiger partial charge in [0.1, 0.15) is 0 Å². The molecule has 0 amide bonds. The van der Waals surface area contributed by atoms with E-state index in [0.717, 1.165) is 12.1 Å². The van der Waals surface area contributed by atoms with E-state index < -0.39 is 35.9 Å². The van der Waals surface area contributed by atoms with Crippen molar-refractivity contribution in [2.75, 3.05) is 6.61 Å². The zero-order chi connectivity index (χ0) is 12.3. The molecule has 0 saturated carbocycles. The summed E-state index contributed by atoms with van der Waals surface area (Å²) in [5.74, 6) is -3.76. The average molecular weight is 238 g/mol. The Labute approximate surface area is 87.3 Å². The molecule has 1 N–H and O–H groups in total. The summed E-state index contributed by atoms with van der Waals surface area (Å²) in [5, 5.41) is 8.23. The number of rotatable bonds is 3. The molecular formula is C9H6F4O3. The molecular weight excluding hydrogens is 232 g/mol. The van der Waals surface area contributed by atoms with Gasteiger partial charge in [0, 0.05) is 0 Å². The van der Waals surface area contributed by atoms with Crippen molar-refractivity contribution in [1.82, 2.24) is 0 Å². The molecule has 0 heterocycles. The van der Waals surface area contributed by atoms with E-state index in [9.17, 15) is 22.4 Å². The Bertz CT molecular complexity index is 400. The Hall–Kier alpha value is -1.79. The molecule has 0 atom stereocenters. The summed E-state index contributed by atoms with van der Waals surface area (Å²) in [7, 11) is 0. The van der Waals surface area contributed by atoms with Gasteiger partial charge in [0.25, 0.3) is 0 Å². The van der Waals surface area contributed by atoms with Gasteiger partial charge in [-0.05, 0) is 12.1 Å². The van der Waals surface area contributed by atoms with Crippen molar-refractivity contribution in [3.63, 3.8) is 0 Å². The average Bonchev–Trinajstić information content (AvgIpc) is 2.14. The minimum absolute atomic E-state index is 0.545. The second-order valence-electron chi connectivity index (χ2n) is 2.80. The summed E-state index contributed by atoms with van der Waals surface area (Å²) in [4.78, 5) is 10.1. The lowest BCUT2D eigenvalue weighted by molar-refractivity contribution is -0.140. The lowest BCUT2D eigenvalue weighted by Gasteiger charge is -2.10. The summed E-state index contributed by atoms with van der Waals surface area (Å²) in [6, 6.07) is 2.40. The molecule has 0 bridgehead atoms. The van der Waals surface area contributed by atoms with Gasteiger partial charge in [-0.3, -0.25) is 0 Å². The fourth-order valence-corrected chi connectivity index (χ4v) is 0.981. The fourth-order valence-electron chi connectivity index (χ4n) is 0.981. The number of aliphatic carboxylic acids is 1. The molecule has 88 valence electrons. The molecule has 1 aromatic rings. The van der Waals surface area contributed by atoms with Gasteiger partial charge in [0.15, 0.2) is 18.2 Å². The largest absolute Gasteiger partial charge is 0.479 e. The number of carbonyl (C=O) groups is 1. The highest BCUT2D eigenvalue weighted by molar-refractivity contribution is 5.68. The maximum Gasteiger partial charge on any atom is 0.419 e. The maximum absolute atomic E-state index is 13.2. The predicted molar refractivity (Wildman–Crippen MR) is 44.5 cm³/mol. The third-order valence-corrected chi connectivity index (χ3v) is 1.62. The van der Waals surface area contributed by atoms with Gasteiger partial charge >= 0.3 is 12.1 Å². The number of ether oxygens (including phenoxy) is 1. The first kappa shape index (κ1) is 12.3. The normalized spacial score (nSPS) is 11.2. The van der Waals surface area contributed by atoms with Crippen molar-refractivity contribution in [1.29, 1.82) is 0 Å². The van der Waals surface area contributed by atoms with Gasteiger partial charge in [-0.25, -0.2) is 9.18 Å². The summed E-state index contributed by atoms with van der Waals surface area (Å²) < 4.78 is 54.2. The van der Waals surface area contributed by atoms with Crippen LogP contribution in [0.5, 0.6) is 5.75 Å². The van der Waals surface area contributed by atoms with Crippen molar-refractivity contribution in [3.05, 3.63) is 29.6 Å². The molecule has 0 aliphatic rings. The highest BCUT2D eigenvalue weighted by Gasteiger charge is 2.35. The smallest absolute Gasteiger partial charge is 0.419 e. The first-order valence-corrected chi connectivity index (χ1v) is 4.02. The number of benzene rings is 1. The molecule has 1 aromatic carbocycles. The molecule has 0 unspecified atom stereocenters. The lowest BCUT2D eigenvalue weighted by atomic mass is 10.2. The molecule has 1 rings (SSSR count). The third kappa shape index (κ3) is 2.85. The van der Waals surface area contributed by atoms with Gasteiger partial charge < -0.3 is 9.84 Å². The molecule has 16 heavy (non-hydrogen) atoms. The van der Waals surface area contributed by atoms with Crippen LogP contribution in [-0.2, 0) is 11.0 Å². The predicted octanol–water partition coefficient (Wildman–Crippen LogP) is 2.31. The van der Waals surface area contributed by atoms with Gasteiger partial charge in [0.05, 0.1) is 5.56 Å². The third-order valence-electron chi connectivity index (χ3n) is 1.62. The van der Waals surface area contributed by atoms with E-state index in [0.29, 0.717) is 6.07 Å². The van der Waals surface area contributed by atoms with Crippen molar-refractivity contribution in [2.24, 2.45) is 0 Å². The van der Waals surface area contributed by atoms with Crippen LogP contribution < -0.4 is 4.74 Å². The summed E-state index contributed by atoms with van der Waals surface area (Å²) in [5.41, 5.74) is -1.49. The minimum atomic E-state index is -4.84. The topological polar surface area (TPSA) is 46.5 Å². The quantitative estimate of drug-likeness (QED) is 0.822. The monoisotopic (exact) mass is 238 g/mol. The Morgan fingerprint density at radius 3 is 2.50 bits per heavy atom. The van der Waals surface area contributed by atoms with Crippen molar-refractivity contribution in [3.8, 4) is 5.75 Å². The Morgan fingerprint density at radius 1 is 1.38 bits per heavy atom. The Balaban J connectivity index is 3.00. The summed E-state index contributed by atoms with van der Waals surface area (Å²) >= 11 is 0. The highest BCUT2D eigenvalue weighted by atomic mass is 19.4. The zero-order valence-corrected chi connectivity index (χ0v) is 7.71. The molecule has 0 saturated heterocycles. The molecule has 3 nitrogen and oxygen atoms in total. The van der Waals surface area contributed by atoms with Gasteiger partial charge in [-0.2, -0.15) is 13.2 Å². The SMILES string of the molecule is O=C(O)COc1cccc(C(F)(F)F)c1F. The number of carboxylic acid groups (broad SMARTS) is 1. The van der Waals surface area contributed by atoms with Crippen LogP contribution in [0.3, 0.4) is 0 Å². The van der Waals surface area contributed by atoms with Crippen LogP contribution in [0.25, 0.3) is 0 Å². The lowest BCUT2D eigenvalue weighted by Crippen LogP contribution is -2.13. The Morgan fingerprint density at radius 2 is 2.00 bits per heavy atom. The number of hydrogen-bond donors (Lipinski definition) is 1. The van der Waals surface area contributed by atoms with E-state index in [1.807, 2.05) is 0 Å². The maximum atomic E-state index is 13.2. The van der Waals surface area contributed by atoms with Crippen LogP contribution in [0, 0.1) is 5.82 Å². The van der Waals surface area contributed by atoms with E-state index in [4.69, 9.17) is 5.11 Å². The number of alkyl halides is 3. The second-order valence-corrected chi connectivity index (χ2v) is 2.80. The van der Waals surface area contributed by atoms with Crippen LogP contribution in [-0.4, -0.2) is 17.7 Å². The van der Waals surface area contributed by atoms with Crippen molar-refractivity contribution in [2.45, 2.75) is 6.18 Å². The molecule has 0 fully saturated rings. The van der Waals surface area contributed by atoms with Crippen molar-refractivity contribution < 1.29 is 32.2 Å². The zero-order valence-electron chi connectivity index (χ0n) is 7.71. The molecule has 0 aliphatic carbocycles. The molecule has 7 heteroatoms. The molecule has 0 aliphatic heterocycles. The highest BCUT2D eigenvalue weighted by Crippen LogP contribution is 2.34. The van der Waals surface area contributed by atoms with E-state index in [-0.39, 0.29) is 0 Å². The van der Waals surface area contributed by atoms with E-state index in [1.165, 1.54) is 0 Å². The summed E-state index contributed by atoms with van der Waals surface area (Å²) in [6.45, 7) is -0.905. The second kappa shape index (κ2) is 4.38. The minimum Gasteiger partial charge on any atom is -0.479 e. The van der Waals surface area contributed by atoms with Gasteiger partial charge in [0.2, 0.25) is 0 Å². The van der Waals surface area contributed by atoms with Crippen LogP contribution in [0.15, 0.2) is 18.2 Å².